The lowest BCUT2D eigenvalue weighted by molar-refractivity contribution is 0.295. The Kier molecular flexibility index (Phi) is 3.64. The molecule has 0 aliphatic heterocycles. The van der Waals surface area contributed by atoms with Gasteiger partial charge in [0.1, 0.15) is 5.75 Å². The molecule has 1 fully saturated rings. The lowest BCUT2D eigenvalue weighted by Gasteiger charge is -2.21. The molecule has 1 aromatic rings. The first-order valence-corrected chi connectivity index (χ1v) is 6.52. The number of rotatable bonds is 5. The zero-order chi connectivity index (χ0) is 12.5. The second-order valence-corrected chi connectivity index (χ2v) is 6.11. The number of ether oxygens (including phenoxy) is 1. The SMILES string of the molecule is CC(C)(N)Cc1cc(Cl)ccc1OCC1CC1. The molecule has 0 spiro atoms. The Morgan fingerprint density at radius 1 is 1.41 bits per heavy atom. The van der Waals surface area contributed by atoms with Crippen molar-refractivity contribution in [3.8, 4) is 5.75 Å². The van der Waals surface area contributed by atoms with E-state index in [0.717, 1.165) is 35.3 Å². The highest BCUT2D eigenvalue weighted by molar-refractivity contribution is 6.30. The minimum absolute atomic E-state index is 0.248. The molecule has 2 N–H and O–H groups in total. The molecule has 0 unspecified atom stereocenters. The van der Waals surface area contributed by atoms with Gasteiger partial charge < -0.3 is 10.5 Å². The number of benzene rings is 1. The van der Waals surface area contributed by atoms with Gasteiger partial charge in [-0.2, -0.15) is 0 Å². The highest BCUT2D eigenvalue weighted by Crippen LogP contribution is 2.31. The third-order valence-electron chi connectivity index (χ3n) is 2.84. The lowest BCUT2D eigenvalue weighted by atomic mass is 9.95. The van der Waals surface area contributed by atoms with Crippen molar-refractivity contribution >= 4 is 11.6 Å². The summed E-state index contributed by atoms with van der Waals surface area (Å²) in [4.78, 5) is 0. The zero-order valence-corrected chi connectivity index (χ0v) is 11.3. The molecule has 0 atom stereocenters. The number of hydrogen-bond donors (Lipinski definition) is 1. The molecule has 3 heteroatoms. The highest BCUT2D eigenvalue weighted by atomic mass is 35.5. The third-order valence-corrected chi connectivity index (χ3v) is 3.08. The molecular formula is C14H20ClNO. The van der Waals surface area contributed by atoms with E-state index < -0.39 is 0 Å². The summed E-state index contributed by atoms with van der Waals surface area (Å²) in [6.45, 7) is 4.84. The van der Waals surface area contributed by atoms with Gasteiger partial charge in [-0.25, -0.2) is 0 Å². The predicted molar refractivity (Wildman–Crippen MR) is 71.6 cm³/mol. The van der Waals surface area contributed by atoms with E-state index in [2.05, 4.69) is 0 Å². The molecule has 0 radical (unpaired) electrons. The molecule has 0 amide bonds. The van der Waals surface area contributed by atoms with Crippen molar-refractivity contribution in [3.05, 3.63) is 28.8 Å². The Hall–Kier alpha value is -0.730. The van der Waals surface area contributed by atoms with Gasteiger partial charge >= 0.3 is 0 Å². The van der Waals surface area contributed by atoms with Crippen molar-refractivity contribution < 1.29 is 4.74 Å². The third kappa shape index (κ3) is 4.21. The van der Waals surface area contributed by atoms with Crippen LogP contribution in [0.15, 0.2) is 18.2 Å². The van der Waals surface area contributed by atoms with Gasteiger partial charge in [-0.1, -0.05) is 11.6 Å². The topological polar surface area (TPSA) is 35.2 Å². The fourth-order valence-electron chi connectivity index (χ4n) is 1.81. The fraction of sp³-hybridized carbons (Fsp3) is 0.571. The second kappa shape index (κ2) is 4.87. The molecule has 17 heavy (non-hydrogen) atoms. The molecule has 1 aliphatic carbocycles. The van der Waals surface area contributed by atoms with Crippen molar-refractivity contribution in [3.63, 3.8) is 0 Å². The Morgan fingerprint density at radius 3 is 2.71 bits per heavy atom. The van der Waals surface area contributed by atoms with E-state index >= 15 is 0 Å². The maximum atomic E-state index is 6.06. The molecular weight excluding hydrogens is 234 g/mol. The van der Waals surface area contributed by atoms with Crippen LogP contribution in [0.1, 0.15) is 32.3 Å². The van der Waals surface area contributed by atoms with Gasteiger partial charge in [0.2, 0.25) is 0 Å². The fourth-order valence-corrected chi connectivity index (χ4v) is 2.00. The van der Waals surface area contributed by atoms with Gasteiger partial charge in [-0.15, -0.1) is 0 Å². The Morgan fingerprint density at radius 2 is 2.12 bits per heavy atom. The van der Waals surface area contributed by atoms with Crippen LogP contribution in [-0.4, -0.2) is 12.1 Å². The monoisotopic (exact) mass is 253 g/mol. The number of hydrogen-bond acceptors (Lipinski definition) is 2. The summed E-state index contributed by atoms with van der Waals surface area (Å²) < 4.78 is 5.85. The minimum atomic E-state index is -0.248. The van der Waals surface area contributed by atoms with Gasteiger partial charge in [0.15, 0.2) is 0 Å². The van der Waals surface area contributed by atoms with Crippen LogP contribution in [-0.2, 0) is 6.42 Å². The first-order chi connectivity index (χ1) is 7.94. The van der Waals surface area contributed by atoms with E-state index in [-0.39, 0.29) is 5.54 Å². The van der Waals surface area contributed by atoms with E-state index in [1.165, 1.54) is 12.8 Å². The van der Waals surface area contributed by atoms with Crippen LogP contribution < -0.4 is 10.5 Å². The molecule has 0 heterocycles. The van der Waals surface area contributed by atoms with Crippen LogP contribution in [0.5, 0.6) is 5.75 Å². The van der Waals surface area contributed by atoms with Crippen LogP contribution in [0.4, 0.5) is 0 Å². The molecule has 2 nitrogen and oxygen atoms in total. The lowest BCUT2D eigenvalue weighted by Crippen LogP contribution is -2.34. The van der Waals surface area contributed by atoms with Gasteiger partial charge in [0, 0.05) is 10.6 Å². The van der Waals surface area contributed by atoms with Crippen molar-refractivity contribution in [2.75, 3.05) is 6.61 Å². The molecule has 1 aromatic carbocycles. The maximum Gasteiger partial charge on any atom is 0.122 e. The summed E-state index contributed by atoms with van der Waals surface area (Å²) in [6, 6.07) is 5.78. The van der Waals surface area contributed by atoms with E-state index in [1.54, 1.807) is 0 Å². The van der Waals surface area contributed by atoms with Crippen molar-refractivity contribution in [2.24, 2.45) is 11.7 Å². The van der Waals surface area contributed by atoms with Crippen LogP contribution in [0.25, 0.3) is 0 Å². The van der Waals surface area contributed by atoms with E-state index in [1.807, 2.05) is 32.0 Å². The average molecular weight is 254 g/mol. The first-order valence-electron chi connectivity index (χ1n) is 6.14. The highest BCUT2D eigenvalue weighted by Gasteiger charge is 2.23. The normalized spacial score (nSPS) is 16.0. The van der Waals surface area contributed by atoms with E-state index in [9.17, 15) is 0 Å². The van der Waals surface area contributed by atoms with Gasteiger partial charge in [0.25, 0.3) is 0 Å². The van der Waals surface area contributed by atoms with Crippen molar-refractivity contribution in [1.82, 2.24) is 0 Å². The molecule has 2 rings (SSSR count). The minimum Gasteiger partial charge on any atom is -0.493 e. The summed E-state index contributed by atoms with van der Waals surface area (Å²) in [7, 11) is 0. The zero-order valence-electron chi connectivity index (χ0n) is 10.5. The van der Waals surface area contributed by atoms with Gasteiger partial charge in [0.05, 0.1) is 6.61 Å². The number of nitrogens with two attached hydrogens (primary N) is 1. The first kappa shape index (κ1) is 12.7. The maximum absolute atomic E-state index is 6.06. The Balaban J connectivity index is 2.11. The molecule has 94 valence electrons. The van der Waals surface area contributed by atoms with Gasteiger partial charge in [-0.05, 0) is 62.8 Å². The molecule has 1 saturated carbocycles. The van der Waals surface area contributed by atoms with Crippen LogP contribution >= 0.6 is 11.6 Å². The summed E-state index contributed by atoms with van der Waals surface area (Å²) in [6.07, 6.45) is 3.37. The standard InChI is InChI=1S/C14H20ClNO/c1-14(2,16)8-11-7-12(15)5-6-13(11)17-9-10-3-4-10/h5-7,10H,3-4,8-9,16H2,1-2H3. The van der Waals surface area contributed by atoms with Crippen LogP contribution in [0, 0.1) is 5.92 Å². The van der Waals surface area contributed by atoms with Crippen LogP contribution in [0.2, 0.25) is 5.02 Å². The summed E-state index contributed by atoms with van der Waals surface area (Å²) in [5.41, 5.74) is 6.91. The molecule has 1 aliphatic rings. The van der Waals surface area contributed by atoms with Crippen molar-refractivity contribution in [2.45, 2.75) is 38.6 Å². The average Bonchev–Trinajstić information content (AvgIpc) is 2.97. The van der Waals surface area contributed by atoms with Crippen molar-refractivity contribution in [1.29, 1.82) is 0 Å². The van der Waals surface area contributed by atoms with E-state index in [4.69, 9.17) is 22.1 Å². The summed E-state index contributed by atoms with van der Waals surface area (Å²) >= 11 is 6.02. The molecule has 0 saturated heterocycles. The van der Waals surface area contributed by atoms with Gasteiger partial charge in [-0.3, -0.25) is 0 Å². The molecule has 0 aromatic heterocycles. The quantitative estimate of drug-likeness (QED) is 0.873. The molecule has 0 bridgehead atoms. The summed E-state index contributed by atoms with van der Waals surface area (Å²) in [5.74, 6) is 1.68. The van der Waals surface area contributed by atoms with Crippen LogP contribution in [0.3, 0.4) is 0 Å². The van der Waals surface area contributed by atoms with E-state index in [0.29, 0.717) is 0 Å². The largest absolute Gasteiger partial charge is 0.493 e. The Labute approximate surface area is 108 Å². The summed E-state index contributed by atoms with van der Waals surface area (Å²) in [5, 5.41) is 0.739. The predicted octanol–water partition coefficient (Wildman–Crippen LogP) is 3.41. The second-order valence-electron chi connectivity index (χ2n) is 5.67. The Bertz CT molecular complexity index is 394. The smallest absolute Gasteiger partial charge is 0.122 e. The number of halogens is 1.